The molecule has 4 heteroatoms. The average Bonchev–Trinajstić information content (AvgIpc) is 2.48. The summed E-state index contributed by atoms with van der Waals surface area (Å²) < 4.78 is 0. The van der Waals surface area contributed by atoms with E-state index in [0.717, 1.165) is 32.4 Å². The van der Waals surface area contributed by atoms with Gasteiger partial charge in [-0.05, 0) is 36.9 Å². The SMILES string of the molecule is CCc1ccc(CN(C)C(=O)C2CCCNC2)cc1.Cl. The van der Waals surface area contributed by atoms with E-state index in [-0.39, 0.29) is 24.2 Å². The van der Waals surface area contributed by atoms with Crippen LogP contribution in [-0.4, -0.2) is 30.9 Å². The minimum absolute atomic E-state index is 0. The summed E-state index contributed by atoms with van der Waals surface area (Å²) in [5, 5.41) is 3.30. The Hall–Kier alpha value is -1.06. The fraction of sp³-hybridized carbons (Fsp3) is 0.562. The molecule has 1 atom stereocenters. The number of carbonyl (C=O) groups is 1. The van der Waals surface area contributed by atoms with Crippen LogP contribution < -0.4 is 5.32 Å². The van der Waals surface area contributed by atoms with Gasteiger partial charge in [-0.3, -0.25) is 4.79 Å². The number of hydrogen-bond donors (Lipinski definition) is 1. The lowest BCUT2D eigenvalue weighted by Crippen LogP contribution is -2.41. The predicted molar refractivity (Wildman–Crippen MR) is 85.1 cm³/mol. The first kappa shape index (κ1) is 17.0. The summed E-state index contributed by atoms with van der Waals surface area (Å²) in [5.74, 6) is 0.431. The van der Waals surface area contributed by atoms with Gasteiger partial charge in [0.15, 0.2) is 0 Å². The third-order valence-corrected chi connectivity index (χ3v) is 3.87. The van der Waals surface area contributed by atoms with Crippen molar-refractivity contribution < 1.29 is 4.79 Å². The van der Waals surface area contributed by atoms with Gasteiger partial charge in [-0.25, -0.2) is 0 Å². The largest absolute Gasteiger partial charge is 0.341 e. The summed E-state index contributed by atoms with van der Waals surface area (Å²) in [6.07, 6.45) is 3.18. The molecular weight excluding hydrogens is 272 g/mol. The number of halogens is 1. The second-order valence-electron chi connectivity index (χ2n) is 5.41. The Bertz CT molecular complexity index is 413. The number of carbonyl (C=O) groups excluding carboxylic acids is 1. The van der Waals surface area contributed by atoms with Crippen molar-refractivity contribution in [3.8, 4) is 0 Å². The highest BCUT2D eigenvalue weighted by molar-refractivity contribution is 5.85. The first-order valence-corrected chi connectivity index (χ1v) is 7.24. The fourth-order valence-electron chi connectivity index (χ4n) is 2.61. The number of nitrogens with zero attached hydrogens (tertiary/aromatic N) is 1. The molecule has 1 fully saturated rings. The van der Waals surface area contributed by atoms with Crippen molar-refractivity contribution in [1.29, 1.82) is 0 Å². The van der Waals surface area contributed by atoms with Gasteiger partial charge in [0, 0.05) is 20.1 Å². The highest BCUT2D eigenvalue weighted by Gasteiger charge is 2.23. The molecule has 0 aliphatic carbocycles. The van der Waals surface area contributed by atoms with Crippen LogP contribution in [-0.2, 0) is 17.8 Å². The van der Waals surface area contributed by atoms with Gasteiger partial charge in [0.05, 0.1) is 5.92 Å². The molecule has 2 rings (SSSR count). The molecule has 1 aliphatic heterocycles. The van der Waals surface area contributed by atoms with Gasteiger partial charge >= 0.3 is 0 Å². The molecule has 1 aliphatic rings. The predicted octanol–water partition coefficient (Wildman–Crippen LogP) is 2.63. The van der Waals surface area contributed by atoms with Crippen molar-refractivity contribution in [2.24, 2.45) is 5.92 Å². The lowest BCUT2D eigenvalue weighted by atomic mass is 9.98. The number of rotatable bonds is 4. The monoisotopic (exact) mass is 296 g/mol. The Kier molecular flexibility index (Phi) is 7.03. The zero-order chi connectivity index (χ0) is 13.7. The highest BCUT2D eigenvalue weighted by Crippen LogP contribution is 2.15. The normalized spacial score (nSPS) is 18.2. The van der Waals surface area contributed by atoms with Gasteiger partial charge in [-0.2, -0.15) is 0 Å². The quantitative estimate of drug-likeness (QED) is 0.926. The van der Waals surface area contributed by atoms with E-state index in [1.165, 1.54) is 11.1 Å². The lowest BCUT2D eigenvalue weighted by Gasteiger charge is -2.27. The zero-order valence-corrected chi connectivity index (χ0v) is 13.2. The maximum absolute atomic E-state index is 12.3. The molecule has 0 saturated carbocycles. The molecule has 20 heavy (non-hydrogen) atoms. The van der Waals surface area contributed by atoms with Crippen LogP contribution in [0.3, 0.4) is 0 Å². The van der Waals surface area contributed by atoms with E-state index in [1.54, 1.807) is 0 Å². The van der Waals surface area contributed by atoms with Crippen molar-refractivity contribution in [3.63, 3.8) is 0 Å². The molecule has 1 heterocycles. The minimum atomic E-state index is 0. The van der Waals surface area contributed by atoms with Gasteiger partial charge in [0.1, 0.15) is 0 Å². The number of amides is 1. The molecule has 3 nitrogen and oxygen atoms in total. The highest BCUT2D eigenvalue weighted by atomic mass is 35.5. The molecule has 112 valence electrons. The van der Waals surface area contributed by atoms with Crippen LogP contribution in [0.1, 0.15) is 30.9 Å². The molecule has 1 saturated heterocycles. The maximum atomic E-state index is 12.3. The molecule has 0 bridgehead atoms. The molecule has 0 spiro atoms. The second kappa shape index (κ2) is 8.28. The molecule has 1 N–H and O–H groups in total. The van der Waals surface area contributed by atoms with Crippen LogP contribution in [0, 0.1) is 5.92 Å². The van der Waals surface area contributed by atoms with E-state index in [1.807, 2.05) is 11.9 Å². The summed E-state index contributed by atoms with van der Waals surface area (Å²) in [5.41, 5.74) is 2.55. The maximum Gasteiger partial charge on any atom is 0.227 e. The summed E-state index contributed by atoms with van der Waals surface area (Å²) in [6.45, 7) is 4.74. The number of benzene rings is 1. The van der Waals surface area contributed by atoms with Crippen molar-refractivity contribution in [1.82, 2.24) is 10.2 Å². The molecular formula is C16H25ClN2O. The third-order valence-electron chi connectivity index (χ3n) is 3.87. The summed E-state index contributed by atoms with van der Waals surface area (Å²) in [7, 11) is 1.91. The third kappa shape index (κ3) is 4.50. The molecule has 0 aromatic heterocycles. The Morgan fingerprint density at radius 1 is 1.30 bits per heavy atom. The summed E-state index contributed by atoms with van der Waals surface area (Å²) in [4.78, 5) is 14.2. The number of nitrogens with one attached hydrogen (secondary N) is 1. The molecule has 1 aromatic rings. The molecule has 1 aromatic carbocycles. The van der Waals surface area contributed by atoms with Crippen LogP contribution in [0.2, 0.25) is 0 Å². The van der Waals surface area contributed by atoms with Crippen LogP contribution in [0.4, 0.5) is 0 Å². The summed E-state index contributed by atoms with van der Waals surface area (Å²) >= 11 is 0. The Morgan fingerprint density at radius 2 is 1.95 bits per heavy atom. The van der Waals surface area contributed by atoms with E-state index in [4.69, 9.17) is 0 Å². The van der Waals surface area contributed by atoms with E-state index >= 15 is 0 Å². The number of aryl methyl sites for hydroxylation is 1. The van der Waals surface area contributed by atoms with Gasteiger partial charge < -0.3 is 10.2 Å². The van der Waals surface area contributed by atoms with Crippen molar-refractivity contribution in [2.75, 3.05) is 20.1 Å². The minimum Gasteiger partial charge on any atom is -0.341 e. The van der Waals surface area contributed by atoms with Gasteiger partial charge in [-0.15, -0.1) is 12.4 Å². The molecule has 0 radical (unpaired) electrons. The summed E-state index contributed by atoms with van der Waals surface area (Å²) in [6, 6.07) is 8.55. The van der Waals surface area contributed by atoms with E-state index in [0.29, 0.717) is 6.54 Å². The van der Waals surface area contributed by atoms with Gasteiger partial charge in [0.2, 0.25) is 5.91 Å². The lowest BCUT2D eigenvalue weighted by molar-refractivity contribution is -0.135. The number of hydrogen-bond acceptors (Lipinski definition) is 2. The van der Waals surface area contributed by atoms with Crippen LogP contribution in [0.15, 0.2) is 24.3 Å². The first-order chi connectivity index (χ1) is 9.20. The molecule has 1 amide bonds. The van der Waals surface area contributed by atoms with Gasteiger partial charge in [-0.1, -0.05) is 31.2 Å². The Morgan fingerprint density at radius 3 is 2.50 bits per heavy atom. The second-order valence-corrected chi connectivity index (χ2v) is 5.41. The first-order valence-electron chi connectivity index (χ1n) is 7.24. The fourth-order valence-corrected chi connectivity index (χ4v) is 2.61. The van der Waals surface area contributed by atoms with E-state index in [9.17, 15) is 4.79 Å². The van der Waals surface area contributed by atoms with Crippen molar-refractivity contribution >= 4 is 18.3 Å². The van der Waals surface area contributed by atoms with E-state index in [2.05, 4.69) is 36.5 Å². The standard InChI is InChI=1S/C16H24N2O.ClH/c1-3-13-6-8-14(9-7-13)12-18(2)16(19)15-5-4-10-17-11-15;/h6-9,15,17H,3-5,10-12H2,1-2H3;1H. The van der Waals surface area contributed by atoms with Crippen LogP contribution in [0.5, 0.6) is 0 Å². The Labute approximate surface area is 128 Å². The van der Waals surface area contributed by atoms with Crippen molar-refractivity contribution in [3.05, 3.63) is 35.4 Å². The van der Waals surface area contributed by atoms with Gasteiger partial charge in [0.25, 0.3) is 0 Å². The smallest absolute Gasteiger partial charge is 0.227 e. The Balaban J connectivity index is 0.00000200. The van der Waals surface area contributed by atoms with Crippen LogP contribution in [0.25, 0.3) is 0 Å². The van der Waals surface area contributed by atoms with Crippen molar-refractivity contribution in [2.45, 2.75) is 32.7 Å². The van der Waals surface area contributed by atoms with Crippen LogP contribution >= 0.6 is 12.4 Å². The van der Waals surface area contributed by atoms with E-state index < -0.39 is 0 Å². The average molecular weight is 297 g/mol. The zero-order valence-electron chi connectivity index (χ0n) is 12.4. The molecule has 1 unspecified atom stereocenters. The topological polar surface area (TPSA) is 32.3 Å². The number of piperidine rings is 1.